The molecule has 2 rings (SSSR count). The van der Waals surface area contributed by atoms with Gasteiger partial charge in [0.15, 0.2) is 0 Å². The number of carbonyl (C=O) groups excluding carboxylic acids is 1. The molecule has 7 nitrogen and oxygen atoms in total. The van der Waals surface area contributed by atoms with Crippen LogP contribution in [0.1, 0.15) is 15.2 Å². The second-order valence-electron chi connectivity index (χ2n) is 3.61. The number of amides is 1. The Morgan fingerprint density at radius 2 is 2.26 bits per heavy atom. The van der Waals surface area contributed by atoms with Crippen LogP contribution in [-0.2, 0) is 6.54 Å². The Balaban J connectivity index is 2.40. The molecular formula is C10H9FN4O3S. The summed E-state index contributed by atoms with van der Waals surface area (Å²) in [4.78, 5) is 36.0. The number of halogens is 1. The number of rotatable bonds is 3. The Hall–Kier alpha value is -2.26. The van der Waals surface area contributed by atoms with E-state index in [4.69, 9.17) is 5.84 Å². The minimum absolute atomic E-state index is 0.0429. The molecule has 0 fully saturated rings. The summed E-state index contributed by atoms with van der Waals surface area (Å²) in [5.41, 5.74) is 0.652. The number of hydrazine groups is 1. The fourth-order valence-corrected chi connectivity index (χ4v) is 2.33. The maximum atomic E-state index is 13.1. The summed E-state index contributed by atoms with van der Waals surface area (Å²) in [6.45, 7) is -0.0429. The van der Waals surface area contributed by atoms with Crippen molar-refractivity contribution in [3.8, 4) is 0 Å². The lowest BCUT2D eigenvalue weighted by molar-refractivity contribution is 0.0956. The van der Waals surface area contributed by atoms with E-state index in [0.717, 1.165) is 22.1 Å². The van der Waals surface area contributed by atoms with Crippen LogP contribution in [0.4, 0.5) is 4.39 Å². The standard InChI is InChI=1S/C10H9FN4O3S/c11-6-4-15(10(18)13-8(6)16)3-5-1-2-19-7(5)9(17)14-12/h1-2,4H,3,12H2,(H,14,17)(H,13,16,18). The van der Waals surface area contributed by atoms with Crippen molar-refractivity contribution < 1.29 is 9.18 Å². The summed E-state index contributed by atoms with van der Waals surface area (Å²) in [6, 6.07) is 1.62. The van der Waals surface area contributed by atoms with Gasteiger partial charge in [0.25, 0.3) is 11.5 Å². The summed E-state index contributed by atoms with van der Waals surface area (Å²) < 4.78 is 14.1. The van der Waals surface area contributed by atoms with Gasteiger partial charge >= 0.3 is 5.69 Å². The summed E-state index contributed by atoms with van der Waals surface area (Å²) in [7, 11) is 0. The second-order valence-corrected chi connectivity index (χ2v) is 4.53. The zero-order chi connectivity index (χ0) is 14.0. The van der Waals surface area contributed by atoms with E-state index in [-0.39, 0.29) is 6.54 Å². The predicted octanol–water partition coefficient (Wildman–Crippen LogP) is -0.611. The average Bonchev–Trinajstić information content (AvgIpc) is 2.83. The number of hydrogen-bond acceptors (Lipinski definition) is 5. The first-order chi connectivity index (χ1) is 9.02. The average molecular weight is 284 g/mol. The van der Waals surface area contributed by atoms with Crippen LogP contribution >= 0.6 is 11.3 Å². The predicted molar refractivity (Wildman–Crippen MR) is 66.4 cm³/mol. The van der Waals surface area contributed by atoms with Gasteiger partial charge in [0.1, 0.15) is 0 Å². The number of nitrogens with two attached hydrogens (primary N) is 1. The molecular weight excluding hydrogens is 275 g/mol. The number of H-pyrrole nitrogens is 1. The third-order valence-electron chi connectivity index (χ3n) is 2.39. The molecule has 1 amide bonds. The molecule has 2 heterocycles. The Kier molecular flexibility index (Phi) is 3.58. The fourth-order valence-electron chi connectivity index (χ4n) is 1.51. The molecule has 0 bridgehead atoms. The Morgan fingerprint density at radius 3 is 2.95 bits per heavy atom. The molecule has 2 aromatic rings. The summed E-state index contributed by atoms with van der Waals surface area (Å²) in [5.74, 6) is 3.46. The first kappa shape index (κ1) is 13.2. The smallest absolute Gasteiger partial charge is 0.293 e. The van der Waals surface area contributed by atoms with Crippen LogP contribution in [0.25, 0.3) is 0 Å². The third kappa shape index (κ3) is 2.61. The highest BCUT2D eigenvalue weighted by atomic mass is 32.1. The van der Waals surface area contributed by atoms with E-state index in [1.54, 1.807) is 11.4 Å². The second kappa shape index (κ2) is 5.16. The molecule has 0 atom stereocenters. The lowest BCUT2D eigenvalue weighted by Crippen LogP contribution is -2.33. The quantitative estimate of drug-likeness (QED) is 0.396. The van der Waals surface area contributed by atoms with Crippen molar-refractivity contribution in [3.63, 3.8) is 0 Å². The van der Waals surface area contributed by atoms with Crippen molar-refractivity contribution in [2.24, 2.45) is 5.84 Å². The molecule has 0 spiro atoms. The molecule has 0 saturated heterocycles. The number of thiophene rings is 1. The number of nitrogens with one attached hydrogen (secondary N) is 2. The van der Waals surface area contributed by atoms with Crippen LogP contribution in [0.5, 0.6) is 0 Å². The van der Waals surface area contributed by atoms with Gasteiger partial charge in [0.2, 0.25) is 5.82 Å². The van der Waals surface area contributed by atoms with Crippen LogP contribution in [0.15, 0.2) is 27.2 Å². The summed E-state index contributed by atoms with van der Waals surface area (Å²) >= 11 is 1.14. The van der Waals surface area contributed by atoms with Gasteiger partial charge in [-0.25, -0.2) is 10.6 Å². The van der Waals surface area contributed by atoms with Crippen molar-refractivity contribution >= 4 is 17.2 Å². The molecule has 0 aliphatic heterocycles. The number of nitrogens with zero attached hydrogens (tertiary/aromatic N) is 1. The van der Waals surface area contributed by atoms with E-state index in [0.29, 0.717) is 10.4 Å². The normalized spacial score (nSPS) is 10.4. The highest BCUT2D eigenvalue weighted by molar-refractivity contribution is 7.12. The van der Waals surface area contributed by atoms with Gasteiger partial charge in [0.05, 0.1) is 17.6 Å². The zero-order valence-electron chi connectivity index (χ0n) is 9.47. The van der Waals surface area contributed by atoms with Gasteiger partial charge in [-0.15, -0.1) is 11.3 Å². The van der Waals surface area contributed by atoms with Crippen molar-refractivity contribution in [2.75, 3.05) is 0 Å². The van der Waals surface area contributed by atoms with Gasteiger partial charge < -0.3 is 0 Å². The van der Waals surface area contributed by atoms with Crippen molar-refractivity contribution in [2.45, 2.75) is 6.54 Å². The SMILES string of the molecule is NNC(=O)c1sccc1Cn1cc(F)c(=O)[nH]c1=O. The molecule has 2 aromatic heterocycles. The van der Waals surface area contributed by atoms with Gasteiger partial charge in [-0.3, -0.25) is 24.6 Å². The van der Waals surface area contributed by atoms with E-state index in [1.807, 2.05) is 10.4 Å². The monoisotopic (exact) mass is 284 g/mol. The highest BCUT2D eigenvalue weighted by Crippen LogP contribution is 2.17. The van der Waals surface area contributed by atoms with Crippen molar-refractivity contribution in [1.82, 2.24) is 15.0 Å². The Labute approximate surface area is 109 Å². The lowest BCUT2D eigenvalue weighted by Gasteiger charge is -2.05. The van der Waals surface area contributed by atoms with Crippen LogP contribution in [0, 0.1) is 5.82 Å². The maximum Gasteiger partial charge on any atom is 0.328 e. The third-order valence-corrected chi connectivity index (χ3v) is 3.35. The van der Waals surface area contributed by atoms with Crippen molar-refractivity contribution in [3.05, 3.63) is 54.7 Å². The van der Waals surface area contributed by atoms with Crippen molar-refractivity contribution in [1.29, 1.82) is 0 Å². The molecule has 4 N–H and O–H groups in total. The lowest BCUT2D eigenvalue weighted by atomic mass is 10.2. The largest absolute Gasteiger partial charge is 0.328 e. The van der Waals surface area contributed by atoms with Gasteiger partial charge in [-0.05, 0) is 17.0 Å². The molecule has 0 radical (unpaired) electrons. The Morgan fingerprint density at radius 1 is 1.53 bits per heavy atom. The molecule has 0 aromatic carbocycles. The minimum atomic E-state index is -1.08. The van der Waals surface area contributed by atoms with Crippen LogP contribution in [-0.4, -0.2) is 15.5 Å². The number of aromatic nitrogens is 2. The first-order valence-electron chi connectivity index (χ1n) is 5.09. The van der Waals surface area contributed by atoms with Crippen LogP contribution in [0.2, 0.25) is 0 Å². The van der Waals surface area contributed by atoms with E-state index in [9.17, 15) is 18.8 Å². The Bertz CT molecular complexity index is 733. The van der Waals surface area contributed by atoms with Crippen LogP contribution < -0.4 is 22.5 Å². The summed E-state index contributed by atoms with van der Waals surface area (Å²) in [6.07, 6.45) is 0.795. The zero-order valence-corrected chi connectivity index (χ0v) is 10.3. The molecule has 9 heteroatoms. The number of hydrogen-bond donors (Lipinski definition) is 3. The molecule has 0 saturated carbocycles. The molecule has 0 unspecified atom stereocenters. The number of aromatic amines is 1. The molecule has 100 valence electrons. The van der Waals surface area contributed by atoms with E-state index < -0.39 is 23.0 Å². The van der Waals surface area contributed by atoms with E-state index >= 15 is 0 Å². The molecule has 0 aliphatic rings. The molecule has 0 aliphatic carbocycles. The number of nitrogen functional groups attached to an aromatic ring is 1. The van der Waals surface area contributed by atoms with Crippen LogP contribution in [0.3, 0.4) is 0 Å². The minimum Gasteiger partial charge on any atom is -0.293 e. The van der Waals surface area contributed by atoms with Gasteiger partial charge in [0, 0.05) is 0 Å². The summed E-state index contributed by atoms with van der Waals surface area (Å²) in [5, 5.41) is 1.65. The number of carbonyl (C=O) groups is 1. The fraction of sp³-hybridized carbons (Fsp3) is 0.100. The maximum absolute atomic E-state index is 13.1. The van der Waals surface area contributed by atoms with E-state index in [2.05, 4.69) is 0 Å². The van der Waals surface area contributed by atoms with E-state index in [1.165, 1.54) is 0 Å². The molecule has 19 heavy (non-hydrogen) atoms. The topological polar surface area (TPSA) is 110 Å². The highest BCUT2D eigenvalue weighted by Gasteiger charge is 2.13. The van der Waals surface area contributed by atoms with Gasteiger partial charge in [-0.1, -0.05) is 0 Å². The van der Waals surface area contributed by atoms with Gasteiger partial charge in [-0.2, -0.15) is 4.39 Å². The first-order valence-corrected chi connectivity index (χ1v) is 5.97.